The lowest BCUT2D eigenvalue weighted by molar-refractivity contribution is 0.433. The molecule has 0 aliphatic heterocycles. The highest BCUT2D eigenvalue weighted by molar-refractivity contribution is 6.30. The van der Waals surface area contributed by atoms with E-state index in [2.05, 4.69) is 5.16 Å². The average Bonchev–Trinajstić information content (AvgIpc) is 2.83. The number of hydrogen-bond acceptors (Lipinski definition) is 3. The van der Waals surface area contributed by atoms with Crippen LogP contribution < -0.4 is 5.73 Å². The van der Waals surface area contributed by atoms with Crippen molar-refractivity contribution in [2.75, 3.05) is 5.73 Å². The quantitative estimate of drug-likeness (QED) is 0.757. The van der Waals surface area contributed by atoms with Crippen LogP contribution in [-0.4, -0.2) is 5.16 Å². The van der Waals surface area contributed by atoms with Crippen LogP contribution in [0.5, 0.6) is 0 Å². The summed E-state index contributed by atoms with van der Waals surface area (Å²) in [6.07, 6.45) is 0. The number of benzene rings is 2. The molecular formula is C15H9ClF2N2O. The summed E-state index contributed by atoms with van der Waals surface area (Å²) in [6, 6.07) is 9.86. The van der Waals surface area contributed by atoms with Gasteiger partial charge in [0, 0.05) is 5.02 Å². The van der Waals surface area contributed by atoms with Crippen molar-refractivity contribution in [2.24, 2.45) is 0 Å². The number of halogens is 3. The summed E-state index contributed by atoms with van der Waals surface area (Å²) < 4.78 is 32.4. The van der Waals surface area contributed by atoms with Crippen molar-refractivity contribution in [1.82, 2.24) is 5.16 Å². The molecule has 1 heterocycles. The van der Waals surface area contributed by atoms with Crippen LogP contribution in [0.3, 0.4) is 0 Å². The van der Waals surface area contributed by atoms with Crippen molar-refractivity contribution in [3.63, 3.8) is 0 Å². The van der Waals surface area contributed by atoms with Crippen LogP contribution in [0, 0.1) is 11.6 Å². The minimum absolute atomic E-state index is 0.0471. The van der Waals surface area contributed by atoms with E-state index in [4.69, 9.17) is 21.9 Å². The molecule has 0 saturated heterocycles. The molecule has 0 radical (unpaired) electrons. The van der Waals surface area contributed by atoms with Gasteiger partial charge in [-0.05, 0) is 35.9 Å². The van der Waals surface area contributed by atoms with E-state index in [0.29, 0.717) is 16.1 Å². The first-order valence-electron chi connectivity index (χ1n) is 6.03. The van der Waals surface area contributed by atoms with Gasteiger partial charge in [0.15, 0.2) is 11.6 Å². The second-order valence-corrected chi connectivity index (χ2v) is 4.84. The van der Waals surface area contributed by atoms with Crippen molar-refractivity contribution < 1.29 is 13.3 Å². The topological polar surface area (TPSA) is 52.0 Å². The van der Waals surface area contributed by atoms with Gasteiger partial charge in [0.2, 0.25) is 0 Å². The number of nitrogens with zero attached hydrogens (tertiary/aromatic N) is 1. The third-order valence-electron chi connectivity index (χ3n) is 3.00. The maximum atomic E-state index is 13.9. The molecule has 0 bridgehead atoms. The van der Waals surface area contributed by atoms with Gasteiger partial charge >= 0.3 is 0 Å². The molecule has 6 heteroatoms. The Morgan fingerprint density at radius 3 is 2.67 bits per heavy atom. The summed E-state index contributed by atoms with van der Waals surface area (Å²) in [7, 11) is 0. The SMILES string of the molecule is Nc1noc(-c2cc(F)ccc2F)c1-c1cccc(Cl)c1. The van der Waals surface area contributed by atoms with Crippen LogP contribution >= 0.6 is 11.6 Å². The minimum Gasteiger partial charge on any atom is -0.380 e. The molecule has 0 saturated carbocycles. The fraction of sp³-hybridized carbons (Fsp3) is 0. The summed E-state index contributed by atoms with van der Waals surface area (Å²) in [5.41, 5.74) is 6.73. The van der Waals surface area contributed by atoms with E-state index >= 15 is 0 Å². The van der Waals surface area contributed by atoms with Crippen LogP contribution in [0.25, 0.3) is 22.5 Å². The summed E-state index contributed by atoms with van der Waals surface area (Å²) in [5, 5.41) is 4.13. The van der Waals surface area contributed by atoms with Crippen LogP contribution in [0.15, 0.2) is 47.0 Å². The lowest BCUT2D eigenvalue weighted by Gasteiger charge is -2.04. The number of anilines is 1. The second-order valence-electron chi connectivity index (χ2n) is 4.41. The molecule has 3 rings (SSSR count). The molecule has 0 unspecified atom stereocenters. The Morgan fingerprint density at radius 1 is 1.10 bits per heavy atom. The van der Waals surface area contributed by atoms with Gasteiger partial charge in [-0.25, -0.2) is 8.78 Å². The summed E-state index contributed by atoms with van der Waals surface area (Å²) >= 11 is 5.94. The smallest absolute Gasteiger partial charge is 0.179 e. The molecule has 0 amide bonds. The Kier molecular flexibility index (Phi) is 3.35. The molecular weight excluding hydrogens is 298 g/mol. The molecule has 21 heavy (non-hydrogen) atoms. The van der Waals surface area contributed by atoms with Gasteiger partial charge in [0.25, 0.3) is 0 Å². The van der Waals surface area contributed by atoms with Gasteiger partial charge in [-0.3, -0.25) is 0 Å². The number of hydrogen-bond donors (Lipinski definition) is 1. The molecule has 3 nitrogen and oxygen atoms in total. The molecule has 1 aromatic heterocycles. The van der Waals surface area contributed by atoms with Gasteiger partial charge in [-0.2, -0.15) is 0 Å². The van der Waals surface area contributed by atoms with Gasteiger partial charge < -0.3 is 10.3 Å². The van der Waals surface area contributed by atoms with Crippen molar-refractivity contribution in [1.29, 1.82) is 0 Å². The van der Waals surface area contributed by atoms with E-state index in [9.17, 15) is 8.78 Å². The first kappa shape index (κ1) is 13.6. The normalized spacial score (nSPS) is 10.8. The Balaban J connectivity index is 2.24. The first-order chi connectivity index (χ1) is 10.1. The molecule has 0 fully saturated rings. The number of nitrogen functional groups attached to an aromatic ring is 1. The maximum Gasteiger partial charge on any atom is 0.179 e. The highest BCUT2D eigenvalue weighted by Gasteiger charge is 2.21. The van der Waals surface area contributed by atoms with Crippen molar-refractivity contribution in [3.8, 4) is 22.5 Å². The predicted octanol–water partition coefficient (Wildman–Crippen LogP) is 4.52. The summed E-state index contributed by atoms with van der Waals surface area (Å²) in [5.74, 6) is -1.07. The Hall–Kier alpha value is -2.40. The fourth-order valence-electron chi connectivity index (χ4n) is 2.08. The minimum atomic E-state index is -0.629. The number of rotatable bonds is 2. The molecule has 0 spiro atoms. The standard InChI is InChI=1S/C15H9ClF2N2O/c16-9-3-1-2-8(6-9)13-14(21-20-15(13)19)11-7-10(17)4-5-12(11)18/h1-7H,(H2,19,20). The third kappa shape index (κ3) is 2.48. The third-order valence-corrected chi connectivity index (χ3v) is 3.24. The molecule has 0 atom stereocenters. The molecule has 0 aliphatic rings. The van der Waals surface area contributed by atoms with Crippen LogP contribution in [0.2, 0.25) is 5.02 Å². The van der Waals surface area contributed by atoms with Crippen molar-refractivity contribution in [2.45, 2.75) is 0 Å². The molecule has 2 N–H and O–H groups in total. The lowest BCUT2D eigenvalue weighted by Crippen LogP contribution is -1.91. The van der Waals surface area contributed by atoms with E-state index in [-0.39, 0.29) is 17.1 Å². The monoisotopic (exact) mass is 306 g/mol. The highest BCUT2D eigenvalue weighted by Crippen LogP contribution is 2.38. The second kappa shape index (κ2) is 5.18. The van der Waals surface area contributed by atoms with Crippen molar-refractivity contribution in [3.05, 3.63) is 59.1 Å². The zero-order valence-electron chi connectivity index (χ0n) is 10.6. The van der Waals surface area contributed by atoms with E-state index in [1.54, 1.807) is 24.3 Å². The van der Waals surface area contributed by atoms with Crippen LogP contribution in [-0.2, 0) is 0 Å². The lowest BCUT2D eigenvalue weighted by atomic mass is 10.0. The Labute approximate surface area is 123 Å². The molecule has 3 aromatic rings. The predicted molar refractivity (Wildman–Crippen MR) is 76.7 cm³/mol. The van der Waals surface area contributed by atoms with E-state index < -0.39 is 11.6 Å². The highest BCUT2D eigenvalue weighted by atomic mass is 35.5. The largest absolute Gasteiger partial charge is 0.380 e. The summed E-state index contributed by atoms with van der Waals surface area (Å²) in [6.45, 7) is 0. The Bertz CT molecular complexity index is 817. The van der Waals surface area contributed by atoms with Gasteiger partial charge in [-0.15, -0.1) is 0 Å². The fourth-order valence-corrected chi connectivity index (χ4v) is 2.27. The van der Waals surface area contributed by atoms with Gasteiger partial charge in [-0.1, -0.05) is 28.9 Å². The molecule has 2 aromatic carbocycles. The van der Waals surface area contributed by atoms with E-state index in [1.807, 2.05) is 0 Å². The van der Waals surface area contributed by atoms with Gasteiger partial charge in [0.05, 0.1) is 11.1 Å². The Morgan fingerprint density at radius 2 is 1.90 bits per heavy atom. The van der Waals surface area contributed by atoms with Gasteiger partial charge in [0.1, 0.15) is 11.6 Å². The zero-order valence-corrected chi connectivity index (χ0v) is 11.4. The molecule has 106 valence electrons. The van der Waals surface area contributed by atoms with Crippen LogP contribution in [0.4, 0.5) is 14.6 Å². The van der Waals surface area contributed by atoms with Crippen LogP contribution in [0.1, 0.15) is 0 Å². The van der Waals surface area contributed by atoms with E-state index in [1.165, 1.54) is 0 Å². The zero-order chi connectivity index (χ0) is 15.0. The average molecular weight is 307 g/mol. The van der Waals surface area contributed by atoms with E-state index in [0.717, 1.165) is 18.2 Å². The summed E-state index contributed by atoms with van der Waals surface area (Å²) in [4.78, 5) is 0. The number of nitrogens with two attached hydrogens (primary N) is 1. The molecule has 0 aliphatic carbocycles. The first-order valence-corrected chi connectivity index (χ1v) is 6.40. The van der Waals surface area contributed by atoms with Crippen molar-refractivity contribution >= 4 is 17.4 Å². The maximum absolute atomic E-state index is 13.9. The number of aromatic nitrogens is 1.